The molecule has 11 nitrogen and oxygen atoms in total. The summed E-state index contributed by atoms with van der Waals surface area (Å²) in [5, 5.41) is 37.0. The lowest BCUT2D eigenvalue weighted by Crippen LogP contribution is -2.45. The standard InChI is InChI=1S/C24H19F3N8O3/c25-14-5-12(6-15(26)22(14)27)18-9-35(33-31-18)19-8-20(38-21(10-36)23(19)37)24-32-30-11-34(24)13-1-2-16-17(7-13)29-4-3-28-16/h1-7,9,11,19-21,23,36-37H,8,10H2. The van der Waals surface area contributed by atoms with Crippen molar-refractivity contribution in [1.82, 2.24) is 39.7 Å². The minimum absolute atomic E-state index is 0.0244. The minimum Gasteiger partial charge on any atom is -0.394 e. The van der Waals surface area contributed by atoms with E-state index >= 15 is 0 Å². The van der Waals surface area contributed by atoms with Gasteiger partial charge in [0.1, 0.15) is 30.3 Å². The number of hydrogen-bond acceptors (Lipinski definition) is 9. The Labute approximate surface area is 212 Å². The molecule has 1 fully saturated rings. The van der Waals surface area contributed by atoms with Gasteiger partial charge in [-0.2, -0.15) is 0 Å². The molecule has 1 aliphatic heterocycles. The fourth-order valence-corrected chi connectivity index (χ4v) is 4.57. The number of fused-ring (bicyclic) bond motifs is 1. The number of ether oxygens (including phenoxy) is 1. The van der Waals surface area contributed by atoms with Crippen molar-refractivity contribution in [3.8, 4) is 16.9 Å². The molecule has 1 aliphatic rings. The van der Waals surface area contributed by atoms with Gasteiger partial charge in [-0.3, -0.25) is 14.5 Å². The summed E-state index contributed by atoms with van der Waals surface area (Å²) in [6.07, 6.45) is 3.30. The second kappa shape index (κ2) is 9.55. The smallest absolute Gasteiger partial charge is 0.194 e. The van der Waals surface area contributed by atoms with Gasteiger partial charge in [0.05, 0.1) is 35.6 Å². The highest BCUT2D eigenvalue weighted by molar-refractivity contribution is 5.76. The molecule has 0 amide bonds. The summed E-state index contributed by atoms with van der Waals surface area (Å²) in [7, 11) is 0. The Hall–Kier alpha value is -4.27. The highest BCUT2D eigenvalue weighted by Crippen LogP contribution is 2.38. The zero-order valence-electron chi connectivity index (χ0n) is 19.4. The second-order valence-electron chi connectivity index (χ2n) is 8.77. The molecule has 0 radical (unpaired) electrons. The first-order valence-electron chi connectivity index (χ1n) is 11.5. The summed E-state index contributed by atoms with van der Waals surface area (Å²) in [6.45, 7) is -0.496. The fraction of sp³-hybridized carbons (Fsp3) is 0.250. The minimum atomic E-state index is -1.59. The molecule has 1 saturated heterocycles. The summed E-state index contributed by atoms with van der Waals surface area (Å²) in [5.41, 5.74) is 2.13. The molecule has 0 spiro atoms. The maximum atomic E-state index is 13.7. The van der Waals surface area contributed by atoms with Crippen LogP contribution in [0.15, 0.2) is 55.2 Å². The topological polar surface area (TPSA) is 137 Å². The molecule has 3 aromatic heterocycles. The molecular weight excluding hydrogens is 505 g/mol. The average Bonchev–Trinajstić information content (AvgIpc) is 3.62. The first kappa shape index (κ1) is 24.1. The number of nitrogens with zero attached hydrogens (tertiary/aromatic N) is 8. The molecule has 4 heterocycles. The highest BCUT2D eigenvalue weighted by Gasteiger charge is 2.41. The van der Waals surface area contributed by atoms with E-state index in [2.05, 4.69) is 30.5 Å². The molecule has 0 bridgehead atoms. The Bertz CT molecular complexity index is 1600. The Morgan fingerprint density at radius 2 is 1.76 bits per heavy atom. The first-order chi connectivity index (χ1) is 18.4. The highest BCUT2D eigenvalue weighted by atomic mass is 19.2. The number of rotatable bonds is 5. The van der Waals surface area contributed by atoms with Crippen molar-refractivity contribution >= 4 is 11.0 Å². The fourth-order valence-electron chi connectivity index (χ4n) is 4.57. The van der Waals surface area contributed by atoms with Crippen LogP contribution in [0, 0.1) is 17.5 Å². The number of hydrogen-bond donors (Lipinski definition) is 2. The van der Waals surface area contributed by atoms with Crippen LogP contribution in [0.2, 0.25) is 0 Å². The Morgan fingerprint density at radius 1 is 1.00 bits per heavy atom. The van der Waals surface area contributed by atoms with Gasteiger partial charge in [-0.15, -0.1) is 15.3 Å². The van der Waals surface area contributed by atoms with Gasteiger partial charge in [0.2, 0.25) is 0 Å². The molecule has 38 heavy (non-hydrogen) atoms. The molecule has 194 valence electrons. The lowest BCUT2D eigenvalue weighted by Gasteiger charge is -2.38. The van der Waals surface area contributed by atoms with Crippen molar-refractivity contribution in [1.29, 1.82) is 0 Å². The maximum Gasteiger partial charge on any atom is 0.194 e. The van der Waals surface area contributed by atoms with Gasteiger partial charge in [-0.1, -0.05) is 5.21 Å². The van der Waals surface area contributed by atoms with Crippen molar-refractivity contribution in [2.24, 2.45) is 0 Å². The average molecular weight is 524 g/mol. The number of aliphatic hydroxyl groups is 2. The van der Waals surface area contributed by atoms with Crippen LogP contribution in [0.5, 0.6) is 0 Å². The second-order valence-corrected chi connectivity index (χ2v) is 8.77. The maximum absolute atomic E-state index is 13.7. The van der Waals surface area contributed by atoms with Crippen molar-refractivity contribution in [3.05, 3.63) is 78.5 Å². The molecule has 0 saturated carbocycles. The van der Waals surface area contributed by atoms with E-state index in [9.17, 15) is 23.4 Å². The third kappa shape index (κ3) is 4.17. The van der Waals surface area contributed by atoms with Gasteiger partial charge < -0.3 is 14.9 Å². The van der Waals surface area contributed by atoms with E-state index in [4.69, 9.17) is 4.74 Å². The molecular formula is C24H19F3N8O3. The summed E-state index contributed by atoms with van der Waals surface area (Å²) in [4.78, 5) is 8.59. The van der Waals surface area contributed by atoms with Gasteiger partial charge >= 0.3 is 0 Å². The normalized spacial score (nSPS) is 21.7. The molecule has 14 heteroatoms. The third-order valence-corrected chi connectivity index (χ3v) is 6.47. The van der Waals surface area contributed by atoms with Gasteiger partial charge in [0.25, 0.3) is 0 Å². The molecule has 6 rings (SSSR count). The summed E-state index contributed by atoms with van der Waals surface area (Å²) in [5.74, 6) is -3.90. The summed E-state index contributed by atoms with van der Waals surface area (Å²) < 4.78 is 49.9. The quantitative estimate of drug-likeness (QED) is 0.332. The van der Waals surface area contributed by atoms with Crippen molar-refractivity contribution < 1.29 is 28.1 Å². The number of halogens is 3. The van der Waals surface area contributed by atoms with Gasteiger partial charge in [0.15, 0.2) is 23.3 Å². The Morgan fingerprint density at radius 3 is 2.53 bits per heavy atom. The lowest BCUT2D eigenvalue weighted by atomic mass is 9.95. The Kier molecular flexibility index (Phi) is 6.06. The molecule has 0 aliphatic carbocycles. The number of aliphatic hydroxyl groups excluding tert-OH is 2. The molecule has 4 unspecified atom stereocenters. The first-order valence-corrected chi connectivity index (χ1v) is 11.5. The monoisotopic (exact) mass is 524 g/mol. The largest absolute Gasteiger partial charge is 0.394 e. The van der Waals surface area contributed by atoms with Crippen molar-refractivity contribution in [2.75, 3.05) is 6.61 Å². The van der Waals surface area contributed by atoms with Crippen LogP contribution in [0.1, 0.15) is 24.4 Å². The molecule has 4 atom stereocenters. The summed E-state index contributed by atoms with van der Waals surface area (Å²) in [6, 6.07) is 6.32. The van der Waals surface area contributed by atoms with Crippen LogP contribution in [-0.4, -0.2) is 68.8 Å². The van der Waals surface area contributed by atoms with E-state index in [0.29, 0.717) is 22.5 Å². The SMILES string of the molecule is OCC1OC(c2nncn2-c2ccc3nccnc3c2)CC(n2cc(-c3cc(F)c(F)c(F)c3)nn2)C1O. The van der Waals surface area contributed by atoms with Crippen LogP contribution < -0.4 is 0 Å². The van der Waals surface area contributed by atoms with Crippen LogP contribution in [0.25, 0.3) is 28.0 Å². The zero-order chi connectivity index (χ0) is 26.4. The van der Waals surface area contributed by atoms with Crippen molar-refractivity contribution in [2.45, 2.75) is 30.8 Å². The predicted molar refractivity (Wildman–Crippen MR) is 124 cm³/mol. The molecule has 5 aromatic rings. The van der Waals surface area contributed by atoms with Gasteiger partial charge in [-0.25, -0.2) is 17.9 Å². The zero-order valence-corrected chi connectivity index (χ0v) is 19.4. The summed E-state index contributed by atoms with van der Waals surface area (Å²) >= 11 is 0. The molecule has 2 aromatic carbocycles. The van der Waals surface area contributed by atoms with E-state index in [1.54, 1.807) is 17.0 Å². The van der Waals surface area contributed by atoms with E-state index in [1.807, 2.05) is 18.2 Å². The molecule has 2 N–H and O–H groups in total. The van der Waals surface area contributed by atoms with E-state index < -0.39 is 48.4 Å². The predicted octanol–water partition coefficient (Wildman–Crippen LogP) is 2.31. The number of benzene rings is 2. The van der Waals surface area contributed by atoms with Crippen LogP contribution in [-0.2, 0) is 4.74 Å². The van der Waals surface area contributed by atoms with Crippen LogP contribution >= 0.6 is 0 Å². The van der Waals surface area contributed by atoms with Crippen LogP contribution in [0.3, 0.4) is 0 Å². The third-order valence-electron chi connectivity index (χ3n) is 6.47. The van der Waals surface area contributed by atoms with Gasteiger partial charge in [0, 0.05) is 24.4 Å². The van der Waals surface area contributed by atoms with E-state index in [-0.39, 0.29) is 17.7 Å². The lowest BCUT2D eigenvalue weighted by molar-refractivity contribution is -0.161. The van der Waals surface area contributed by atoms with E-state index in [0.717, 1.165) is 12.1 Å². The van der Waals surface area contributed by atoms with Crippen LogP contribution in [0.4, 0.5) is 13.2 Å². The Balaban J connectivity index is 1.33. The van der Waals surface area contributed by atoms with Crippen molar-refractivity contribution in [3.63, 3.8) is 0 Å². The van der Waals surface area contributed by atoms with E-state index in [1.165, 1.54) is 17.2 Å². The van der Waals surface area contributed by atoms with Gasteiger partial charge in [-0.05, 0) is 30.3 Å². The number of aromatic nitrogens is 8.